The number of aromatic nitrogens is 3. The predicted octanol–water partition coefficient (Wildman–Crippen LogP) is 2.84. The molecule has 0 radical (unpaired) electrons. The summed E-state index contributed by atoms with van der Waals surface area (Å²) in [6.07, 6.45) is 2.54. The standard InChI is InChI=1S/C19H20N4O2/c1-13-21-16-7-3-4-8-17(16)23(13)14-9-11-22(12-14)19(24)15-6-5-10-20-18(15)25-2/h3-8,10,14H,9,11-12H2,1-2H3/t14-/m0/s1. The van der Waals surface area contributed by atoms with Crippen molar-refractivity contribution in [2.75, 3.05) is 20.2 Å². The number of amides is 1. The lowest BCUT2D eigenvalue weighted by molar-refractivity contribution is 0.0783. The molecule has 0 saturated carbocycles. The Kier molecular flexibility index (Phi) is 3.87. The number of aryl methyl sites for hydroxylation is 1. The van der Waals surface area contributed by atoms with E-state index < -0.39 is 0 Å². The summed E-state index contributed by atoms with van der Waals surface area (Å²) < 4.78 is 7.48. The van der Waals surface area contributed by atoms with Gasteiger partial charge in [0.2, 0.25) is 5.88 Å². The Labute approximate surface area is 146 Å². The number of para-hydroxylation sites is 2. The van der Waals surface area contributed by atoms with E-state index in [9.17, 15) is 4.79 Å². The van der Waals surface area contributed by atoms with E-state index in [-0.39, 0.29) is 11.9 Å². The fraction of sp³-hybridized carbons (Fsp3) is 0.316. The van der Waals surface area contributed by atoms with E-state index in [1.165, 1.54) is 7.11 Å². The maximum Gasteiger partial charge on any atom is 0.259 e. The van der Waals surface area contributed by atoms with Crippen LogP contribution in [0.4, 0.5) is 0 Å². The first-order chi connectivity index (χ1) is 12.2. The summed E-state index contributed by atoms with van der Waals surface area (Å²) in [7, 11) is 1.53. The lowest BCUT2D eigenvalue weighted by Crippen LogP contribution is -2.29. The van der Waals surface area contributed by atoms with Crippen molar-refractivity contribution >= 4 is 16.9 Å². The van der Waals surface area contributed by atoms with Gasteiger partial charge in [0.05, 0.1) is 24.2 Å². The van der Waals surface area contributed by atoms with Gasteiger partial charge in [0, 0.05) is 19.3 Å². The SMILES string of the molecule is COc1ncccc1C(=O)N1CC[C@H](n2c(C)nc3ccccc32)C1. The largest absolute Gasteiger partial charge is 0.480 e. The number of hydrogen-bond acceptors (Lipinski definition) is 4. The van der Waals surface area contributed by atoms with Crippen molar-refractivity contribution in [1.82, 2.24) is 19.4 Å². The third-order valence-corrected chi connectivity index (χ3v) is 4.78. The van der Waals surface area contributed by atoms with Gasteiger partial charge in [-0.1, -0.05) is 12.1 Å². The van der Waals surface area contributed by atoms with E-state index in [1.807, 2.05) is 30.0 Å². The van der Waals surface area contributed by atoms with Crippen molar-refractivity contribution < 1.29 is 9.53 Å². The van der Waals surface area contributed by atoms with Crippen LogP contribution in [0.25, 0.3) is 11.0 Å². The Morgan fingerprint density at radius 1 is 1.24 bits per heavy atom. The van der Waals surface area contributed by atoms with E-state index >= 15 is 0 Å². The number of hydrogen-bond donors (Lipinski definition) is 0. The summed E-state index contributed by atoms with van der Waals surface area (Å²) in [5.74, 6) is 1.33. The molecule has 6 heteroatoms. The van der Waals surface area contributed by atoms with Crippen molar-refractivity contribution in [2.24, 2.45) is 0 Å². The van der Waals surface area contributed by atoms with Crippen LogP contribution in [0, 0.1) is 6.92 Å². The maximum absolute atomic E-state index is 12.9. The highest BCUT2D eigenvalue weighted by Crippen LogP contribution is 2.29. The summed E-state index contributed by atoms with van der Waals surface area (Å²) in [6.45, 7) is 3.40. The number of carbonyl (C=O) groups excluding carboxylic acids is 1. The van der Waals surface area contributed by atoms with Gasteiger partial charge in [0.25, 0.3) is 5.91 Å². The predicted molar refractivity (Wildman–Crippen MR) is 94.8 cm³/mol. The second kappa shape index (κ2) is 6.20. The van der Waals surface area contributed by atoms with Gasteiger partial charge in [-0.05, 0) is 37.6 Å². The highest BCUT2D eigenvalue weighted by atomic mass is 16.5. The number of rotatable bonds is 3. The molecule has 1 amide bonds. The Hall–Kier alpha value is -2.89. The molecule has 4 rings (SSSR count). The highest BCUT2D eigenvalue weighted by Gasteiger charge is 2.31. The zero-order valence-corrected chi connectivity index (χ0v) is 14.3. The van der Waals surface area contributed by atoms with E-state index in [1.54, 1.807) is 18.3 Å². The first kappa shape index (κ1) is 15.6. The quantitative estimate of drug-likeness (QED) is 0.738. The first-order valence-corrected chi connectivity index (χ1v) is 8.41. The third kappa shape index (κ3) is 2.63. The van der Waals surface area contributed by atoms with Crippen LogP contribution < -0.4 is 4.74 Å². The second-order valence-electron chi connectivity index (χ2n) is 6.27. The average molecular weight is 336 g/mol. The zero-order chi connectivity index (χ0) is 17.4. The molecule has 1 atom stereocenters. The van der Waals surface area contributed by atoms with Crippen LogP contribution in [0.1, 0.15) is 28.6 Å². The molecule has 0 bridgehead atoms. The molecule has 1 aliphatic rings. The number of benzene rings is 1. The Morgan fingerprint density at radius 3 is 2.92 bits per heavy atom. The normalized spacial score (nSPS) is 17.2. The third-order valence-electron chi connectivity index (χ3n) is 4.78. The fourth-order valence-electron chi connectivity index (χ4n) is 3.65. The van der Waals surface area contributed by atoms with Gasteiger partial charge in [-0.2, -0.15) is 0 Å². The van der Waals surface area contributed by atoms with Crippen molar-refractivity contribution in [2.45, 2.75) is 19.4 Å². The minimum Gasteiger partial charge on any atom is -0.480 e. The molecule has 1 aromatic carbocycles. The van der Waals surface area contributed by atoms with Crippen LogP contribution in [0.2, 0.25) is 0 Å². The van der Waals surface area contributed by atoms with Crippen LogP contribution in [0.5, 0.6) is 5.88 Å². The first-order valence-electron chi connectivity index (χ1n) is 8.41. The van der Waals surface area contributed by atoms with Gasteiger partial charge >= 0.3 is 0 Å². The number of imidazole rings is 1. The molecule has 3 heterocycles. The van der Waals surface area contributed by atoms with Gasteiger partial charge in [0.1, 0.15) is 11.4 Å². The minimum absolute atomic E-state index is 0.0328. The summed E-state index contributed by atoms with van der Waals surface area (Å²) in [5, 5.41) is 0. The van der Waals surface area contributed by atoms with Crippen molar-refractivity contribution in [3.63, 3.8) is 0 Å². The van der Waals surface area contributed by atoms with Crippen LogP contribution in [0.3, 0.4) is 0 Å². The van der Waals surface area contributed by atoms with Crippen LogP contribution in [-0.2, 0) is 0 Å². The molecule has 3 aromatic rings. The lowest BCUT2D eigenvalue weighted by Gasteiger charge is -2.19. The molecule has 0 N–H and O–H groups in total. The van der Waals surface area contributed by atoms with Crippen LogP contribution in [-0.4, -0.2) is 45.5 Å². The van der Waals surface area contributed by atoms with Gasteiger partial charge in [-0.25, -0.2) is 9.97 Å². The molecular weight excluding hydrogens is 316 g/mol. The van der Waals surface area contributed by atoms with Crippen molar-refractivity contribution in [1.29, 1.82) is 0 Å². The molecule has 25 heavy (non-hydrogen) atoms. The molecule has 6 nitrogen and oxygen atoms in total. The Balaban J connectivity index is 1.61. The molecule has 128 valence electrons. The summed E-state index contributed by atoms with van der Waals surface area (Å²) >= 11 is 0. The van der Waals surface area contributed by atoms with E-state index in [2.05, 4.69) is 20.6 Å². The number of carbonyl (C=O) groups is 1. The molecule has 1 saturated heterocycles. The van der Waals surface area contributed by atoms with Crippen molar-refractivity contribution in [3.05, 3.63) is 54.0 Å². The lowest BCUT2D eigenvalue weighted by atomic mass is 10.2. The molecule has 0 unspecified atom stereocenters. The molecule has 2 aromatic heterocycles. The Bertz CT molecular complexity index is 934. The van der Waals surface area contributed by atoms with Crippen LogP contribution in [0.15, 0.2) is 42.6 Å². The average Bonchev–Trinajstić information content (AvgIpc) is 3.24. The highest BCUT2D eigenvalue weighted by molar-refractivity contribution is 5.96. The second-order valence-corrected chi connectivity index (χ2v) is 6.27. The topological polar surface area (TPSA) is 60.2 Å². The van der Waals surface area contributed by atoms with Crippen molar-refractivity contribution in [3.8, 4) is 5.88 Å². The monoisotopic (exact) mass is 336 g/mol. The van der Waals surface area contributed by atoms with Gasteiger partial charge in [-0.3, -0.25) is 4.79 Å². The maximum atomic E-state index is 12.9. The molecule has 1 aliphatic heterocycles. The molecule has 0 spiro atoms. The van der Waals surface area contributed by atoms with E-state index in [4.69, 9.17) is 4.74 Å². The number of pyridine rings is 1. The zero-order valence-electron chi connectivity index (χ0n) is 14.3. The number of likely N-dealkylation sites (tertiary alicyclic amines) is 1. The summed E-state index contributed by atoms with van der Waals surface area (Å²) in [6, 6.07) is 11.9. The summed E-state index contributed by atoms with van der Waals surface area (Å²) in [4.78, 5) is 23.5. The number of nitrogens with zero attached hydrogens (tertiary/aromatic N) is 4. The van der Waals surface area contributed by atoms with E-state index in [0.717, 1.165) is 23.3 Å². The smallest absolute Gasteiger partial charge is 0.259 e. The van der Waals surface area contributed by atoms with E-state index in [0.29, 0.717) is 24.5 Å². The molecule has 1 fully saturated rings. The summed E-state index contributed by atoms with van der Waals surface area (Å²) in [5.41, 5.74) is 2.63. The Morgan fingerprint density at radius 2 is 2.08 bits per heavy atom. The van der Waals surface area contributed by atoms with Gasteiger partial charge < -0.3 is 14.2 Å². The number of fused-ring (bicyclic) bond motifs is 1. The molecular formula is C19H20N4O2. The molecule has 0 aliphatic carbocycles. The van der Waals surface area contributed by atoms with Gasteiger partial charge in [0.15, 0.2) is 0 Å². The fourth-order valence-corrected chi connectivity index (χ4v) is 3.65. The number of ether oxygens (including phenoxy) is 1. The number of methoxy groups -OCH3 is 1. The van der Waals surface area contributed by atoms with Gasteiger partial charge in [-0.15, -0.1) is 0 Å². The van der Waals surface area contributed by atoms with Crippen LogP contribution >= 0.6 is 0 Å². The minimum atomic E-state index is -0.0328.